The molecule has 4 rings (SSSR count). The minimum absolute atomic E-state index is 0.0851. The number of amides is 1. The Morgan fingerprint density at radius 2 is 1.97 bits per heavy atom. The number of halogens is 1. The lowest BCUT2D eigenvalue weighted by molar-refractivity contribution is -0.113. The van der Waals surface area contributed by atoms with Crippen LogP contribution in [0.5, 0.6) is 0 Å². The molecule has 2 aromatic carbocycles. The highest BCUT2D eigenvalue weighted by molar-refractivity contribution is 9.10. The van der Waals surface area contributed by atoms with Crippen molar-refractivity contribution < 1.29 is 4.79 Å². The molecule has 0 aliphatic carbocycles. The number of nitrogens with one attached hydrogen (secondary N) is 1. The van der Waals surface area contributed by atoms with E-state index in [1.54, 1.807) is 15.9 Å². The van der Waals surface area contributed by atoms with Crippen LogP contribution in [0.2, 0.25) is 0 Å². The first kappa shape index (κ1) is 24.7. The third-order valence-electron chi connectivity index (χ3n) is 5.54. The Labute approximate surface area is 215 Å². The Bertz CT molecular complexity index is 1440. The van der Waals surface area contributed by atoms with Crippen molar-refractivity contribution in [1.29, 1.82) is 0 Å². The average molecular weight is 557 g/mol. The normalized spacial score (nSPS) is 11.2. The number of thioether (sulfide) groups is 1. The molecule has 0 saturated carbocycles. The molecule has 1 amide bonds. The number of anilines is 1. The zero-order valence-corrected chi connectivity index (χ0v) is 22.8. The lowest BCUT2D eigenvalue weighted by Gasteiger charge is -2.13. The second-order valence-electron chi connectivity index (χ2n) is 8.26. The Hall–Kier alpha value is -2.42. The average Bonchev–Trinajstić information content (AvgIpc) is 3.10. The van der Waals surface area contributed by atoms with Gasteiger partial charge < -0.3 is 5.32 Å². The third-order valence-corrected chi connectivity index (χ3v) is 8.62. The van der Waals surface area contributed by atoms with Gasteiger partial charge in [-0.25, -0.2) is 4.98 Å². The van der Waals surface area contributed by atoms with E-state index in [-0.39, 0.29) is 17.2 Å². The van der Waals surface area contributed by atoms with Crippen molar-refractivity contribution in [1.82, 2.24) is 9.55 Å². The summed E-state index contributed by atoms with van der Waals surface area (Å²) < 4.78 is 2.64. The molecule has 0 unspecified atom stereocenters. The minimum atomic E-state index is -0.147. The molecule has 0 aliphatic rings. The summed E-state index contributed by atoms with van der Waals surface area (Å²) in [4.78, 5) is 33.2. The second-order valence-corrected chi connectivity index (χ2v) is 11.1. The number of carbonyl (C=O) groups excluding carboxylic acids is 1. The topological polar surface area (TPSA) is 64.0 Å². The van der Waals surface area contributed by atoms with Gasteiger partial charge in [0.1, 0.15) is 4.83 Å². The first-order valence-corrected chi connectivity index (χ1v) is 13.7. The van der Waals surface area contributed by atoms with Crippen LogP contribution in [0, 0.1) is 20.8 Å². The van der Waals surface area contributed by atoms with Gasteiger partial charge in [-0.2, -0.15) is 0 Å². The number of benzene rings is 2. The summed E-state index contributed by atoms with van der Waals surface area (Å²) in [5.74, 6) is -0.00342. The number of hydrogen-bond acceptors (Lipinski definition) is 5. The number of nitrogens with zero attached hydrogens (tertiary/aromatic N) is 2. The summed E-state index contributed by atoms with van der Waals surface area (Å²) in [7, 11) is 0. The molecule has 0 bridgehead atoms. The molecule has 8 heteroatoms. The van der Waals surface area contributed by atoms with E-state index in [9.17, 15) is 9.59 Å². The summed E-state index contributed by atoms with van der Waals surface area (Å²) in [5.41, 5.74) is 4.52. The molecule has 2 heterocycles. The predicted molar refractivity (Wildman–Crippen MR) is 147 cm³/mol. The van der Waals surface area contributed by atoms with E-state index in [1.165, 1.54) is 16.6 Å². The van der Waals surface area contributed by atoms with Crippen molar-refractivity contribution in [3.05, 3.63) is 78.9 Å². The highest BCUT2D eigenvalue weighted by Crippen LogP contribution is 2.31. The van der Waals surface area contributed by atoms with Gasteiger partial charge in [-0.05, 0) is 74.2 Å². The number of fused-ring (bicyclic) bond motifs is 1. The largest absolute Gasteiger partial charge is 0.325 e. The highest BCUT2D eigenvalue weighted by atomic mass is 79.9. The smallest absolute Gasteiger partial charge is 0.267 e. The first-order valence-electron chi connectivity index (χ1n) is 11.1. The third kappa shape index (κ3) is 5.14. The van der Waals surface area contributed by atoms with Crippen molar-refractivity contribution in [2.75, 3.05) is 11.1 Å². The van der Waals surface area contributed by atoms with Crippen molar-refractivity contribution in [2.24, 2.45) is 0 Å². The molecule has 0 aliphatic heterocycles. The van der Waals surface area contributed by atoms with E-state index < -0.39 is 0 Å². The van der Waals surface area contributed by atoms with Crippen LogP contribution in [0.3, 0.4) is 0 Å². The Balaban J connectivity index is 1.71. The van der Waals surface area contributed by atoms with Gasteiger partial charge in [0.05, 0.1) is 16.8 Å². The molecule has 0 saturated heterocycles. The van der Waals surface area contributed by atoms with Crippen LogP contribution in [-0.4, -0.2) is 21.2 Å². The predicted octanol–water partition coefficient (Wildman–Crippen LogP) is 6.82. The molecule has 0 fully saturated rings. The molecule has 0 radical (unpaired) electrons. The summed E-state index contributed by atoms with van der Waals surface area (Å²) >= 11 is 6.34. The van der Waals surface area contributed by atoms with E-state index in [1.807, 2.05) is 63.2 Å². The molecule has 0 atom stereocenters. The summed E-state index contributed by atoms with van der Waals surface area (Å²) in [6.07, 6.45) is 1.94. The van der Waals surface area contributed by atoms with Gasteiger partial charge in [0.25, 0.3) is 5.56 Å². The molecule has 176 valence electrons. The van der Waals surface area contributed by atoms with Crippen molar-refractivity contribution in [3.8, 4) is 5.69 Å². The first-order chi connectivity index (χ1) is 16.3. The van der Waals surface area contributed by atoms with Gasteiger partial charge >= 0.3 is 0 Å². The fourth-order valence-electron chi connectivity index (χ4n) is 3.82. The van der Waals surface area contributed by atoms with Crippen LogP contribution < -0.4 is 10.9 Å². The Kier molecular flexibility index (Phi) is 7.60. The molecule has 34 heavy (non-hydrogen) atoms. The second kappa shape index (κ2) is 10.5. The number of thiophene rings is 1. The molecule has 0 spiro atoms. The molecule has 4 aromatic rings. The van der Waals surface area contributed by atoms with Gasteiger partial charge in [-0.1, -0.05) is 53.2 Å². The van der Waals surface area contributed by atoms with Gasteiger partial charge in [-0.3, -0.25) is 14.2 Å². The van der Waals surface area contributed by atoms with Gasteiger partial charge in [-0.15, -0.1) is 11.3 Å². The lowest BCUT2D eigenvalue weighted by atomic mass is 10.1. The van der Waals surface area contributed by atoms with Crippen LogP contribution >= 0.6 is 39.0 Å². The van der Waals surface area contributed by atoms with Crippen molar-refractivity contribution in [3.63, 3.8) is 0 Å². The number of carbonyl (C=O) groups is 1. The van der Waals surface area contributed by atoms with Crippen molar-refractivity contribution >= 4 is 60.8 Å². The van der Waals surface area contributed by atoms with E-state index in [0.717, 1.165) is 50.2 Å². The van der Waals surface area contributed by atoms with Gasteiger partial charge in [0.15, 0.2) is 5.16 Å². The summed E-state index contributed by atoms with van der Waals surface area (Å²) in [6.45, 7) is 8.11. The highest BCUT2D eigenvalue weighted by Gasteiger charge is 2.20. The maximum atomic E-state index is 13.7. The molecular formula is C26H26BrN3O2S2. The number of aryl methyl sites for hydroxylation is 4. The van der Waals surface area contributed by atoms with Crippen molar-refractivity contribution in [2.45, 2.75) is 45.7 Å². The zero-order valence-electron chi connectivity index (χ0n) is 19.6. The van der Waals surface area contributed by atoms with Crippen LogP contribution in [0.4, 0.5) is 5.69 Å². The number of aromatic nitrogens is 2. The van der Waals surface area contributed by atoms with E-state index >= 15 is 0 Å². The van der Waals surface area contributed by atoms with Crippen LogP contribution in [0.15, 0.2) is 56.9 Å². The molecule has 2 aromatic heterocycles. The fourth-order valence-corrected chi connectivity index (χ4v) is 6.20. The quantitative estimate of drug-likeness (QED) is 0.201. The van der Waals surface area contributed by atoms with Crippen LogP contribution in [0.25, 0.3) is 15.9 Å². The maximum Gasteiger partial charge on any atom is 0.267 e. The Morgan fingerprint density at radius 1 is 1.18 bits per heavy atom. The Morgan fingerprint density at radius 3 is 2.68 bits per heavy atom. The van der Waals surface area contributed by atoms with E-state index in [4.69, 9.17) is 4.98 Å². The van der Waals surface area contributed by atoms with Gasteiger partial charge in [0, 0.05) is 15.0 Å². The maximum absolute atomic E-state index is 13.7. The van der Waals surface area contributed by atoms with Crippen LogP contribution in [0.1, 0.15) is 34.9 Å². The molecule has 5 nitrogen and oxygen atoms in total. The van der Waals surface area contributed by atoms with E-state index in [2.05, 4.69) is 28.2 Å². The van der Waals surface area contributed by atoms with E-state index in [0.29, 0.717) is 10.5 Å². The standard InChI is InChI=1S/C26H26BrN3O2S2/c1-5-7-21-17(4)23-24(34-21)29-26(30(25(23)32)19-9-6-8-15(2)12-19)33-14-22(31)28-18-10-11-20(27)16(3)13-18/h6,8-13H,5,7,14H2,1-4H3,(H,28,31). The monoisotopic (exact) mass is 555 g/mol. The lowest BCUT2D eigenvalue weighted by Crippen LogP contribution is -2.23. The molecular weight excluding hydrogens is 530 g/mol. The van der Waals surface area contributed by atoms with Crippen LogP contribution in [-0.2, 0) is 11.2 Å². The summed E-state index contributed by atoms with van der Waals surface area (Å²) in [6, 6.07) is 13.5. The van der Waals surface area contributed by atoms with Gasteiger partial charge in [0.2, 0.25) is 5.91 Å². The minimum Gasteiger partial charge on any atom is -0.325 e. The molecule has 1 N–H and O–H groups in total. The fraction of sp³-hybridized carbons (Fsp3) is 0.269. The SMILES string of the molecule is CCCc1sc2nc(SCC(=O)Nc3ccc(Br)c(C)c3)n(-c3cccc(C)c3)c(=O)c2c1C. The summed E-state index contributed by atoms with van der Waals surface area (Å²) in [5, 5.41) is 4.13. The number of hydrogen-bond donors (Lipinski definition) is 1. The zero-order chi connectivity index (χ0) is 24.4. The number of rotatable bonds is 7.